The van der Waals surface area contributed by atoms with Crippen LogP contribution in [0.4, 0.5) is 11.4 Å². The maximum absolute atomic E-state index is 11.9. The standard InChI is InChI=1S/C18H28N4O5S/c1-3-4-7-19-17(23)13-21-8-10-22(11-9-21)16-6-5-14(20-28(2,26)27)12-15(16)18(24)25/h5-6,12,20H,3-4,7-11,13H2,1-2H3,(H,19,23)(H,24,25). The number of hydrogen-bond donors (Lipinski definition) is 3. The summed E-state index contributed by atoms with van der Waals surface area (Å²) in [5, 5.41) is 12.4. The number of hydrogen-bond acceptors (Lipinski definition) is 6. The summed E-state index contributed by atoms with van der Waals surface area (Å²) in [4.78, 5) is 27.6. The predicted octanol–water partition coefficient (Wildman–Crippen LogP) is 0.795. The van der Waals surface area contributed by atoms with E-state index in [2.05, 4.69) is 17.0 Å². The minimum Gasteiger partial charge on any atom is -0.478 e. The van der Waals surface area contributed by atoms with Gasteiger partial charge in [-0.3, -0.25) is 14.4 Å². The summed E-state index contributed by atoms with van der Waals surface area (Å²) >= 11 is 0. The van der Waals surface area contributed by atoms with Gasteiger partial charge in [0.2, 0.25) is 15.9 Å². The lowest BCUT2D eigenvalue weighted by Gasteiger charge is -2.36. The van der Waals surface area contributed by atoms with Gasteiger partial charge in [0.05, 0.1) is 24.1 Å². The van der Waals surface area contributed by atoms with Gasteiger partial charge in [-0.15, -0.1) is 0 Å². The van der Waals surface area contributed by atoms with E-state index in [1.165, 1.54) is 6.07 Å². The Hall–Kier alpha value is -2.33. The molecule has 3 N–H and O–H groups in total. The van der Waals surface area contributed by atoms with Crippen molar-refractivity contribution in [2.24, 2.45) is 0 Å². The van der Waals surface area contributed by atoms with E-state index in [4.69, 9.17) is 0 Å². The van der Waals surface area contributed by atoms with E-state index >= 15 is 0 Å². The fourth-order valence-corrected chi connectivity index (χ4v) is 3.63. The van der Waals surface area contributed by atoms with Gasteiger partial charge in [-0.1, -0.05) is 13.3 Å². The van der Waals surface area contributed by atoms with Crippen molar-refractivity contribution in [2.45, 2.75) is 19.8 Å². The van der Waals surface area contributed by atoms with Gasteiger partial charge in [0.15, 0.2) is 0 Å². The first-order valence-electron chi connectivity index (χ1n) is 9.28. The molecule has 0 saturated carbocycles. The highest BCUT2D eigenvalue weighted by molar-refractivity contribution is 7.92. The van der Waals surface area contributed by atoms with Gasteiger partial charge in [0.25, 0.3) is 0 Å². The molecule has 1 aromatic rings. The predicted molar refractivity (Wildman–Crippen MR) is 108 cm³/mol. The van der Waals surface area contributed by atoms with Gasteiger partial charge in [-0.2, -0.15) is 0 Å². The van der Waals surface area contributed by atoms with Gasteiger partial charge in [0, 0.05) is 38.4 Å². The normalized spacial score (nSPS) is 15.3. The number of amides is 1. The number of carbonyl (C=O) groups is 2. The van der Waals surface area contributed by atoms with Crippen LogP contribution < -0.4 is 14.9 Å². The molecule has 0 aliphatic carbocycles. The summed E-state index contributed by atoms with van der Waals surface area (Å²) in [5.74, 6) is -1.12. The zero-order valence-electron chi connectivity index (χ0n) is 16.3. The Morgan fingerprint density at radius 2 is 1.86 bits per heavy atom. The van der Waals surface area contributed by atoms with Gasteiger partial charge in [0.1, 0.15) is 0 Å². The molecule has 1 amide bonds. The van der Waals surface area contributed by atoms with E-state index in [0.717, 1.165) is 19.1 Å². The monoisotopic (exact) mass is 412 g/mol. The third kappa shape index (κ3) is 6.68. The lowest BCUT2D eigenvalue weighted by atomic mass is 10.1. The fourth-order valence-electron chi connectivity index (χ4n) is 3.07. The number of carboxylic acids is 1. The summed E-state index contributed by atoms with van der Waals surface area (Å²) < 4.78 is 25.0. The van der Waals surface area contributed by atoms with E-state index < -0.39 is 16.0 Å². The Labute approximate surface area is 165 Å². The second-order valence-corrected chi connectivity index (χ2v) is 8.63. The third-order valence-corrected chi connectivity index (χ3v) is 5.07. The molecular weight excluding hydrogens is 384 g/mol. The van der Waals surface area contributed by atoms with E-state index in [-0.39, 0.29) is 17.2 Å². The summed E-state index contributed by atoms with van der Waals surface area (Å²) in [6, 6.07) is 4.49. The van der Waals surface area contributed by atoms with Crippen molar-refractivity contribution in [1.82, 2.24) is 10.2 Å². The van der Waals surface area contributed by atoms with Crippen molar-refractivity contribution >= 4 is 33.3 Å². The maximum atomic E-state index is 11.9. The fraction of sp³-hybridized carbons (Fsp3) is 0.556. The Balaban J connectivity index is 1.99. The maximum Gasteiger partial charge on any atom is 0.337 e. The molecule has 10 heteroatoms. The van der Waals surface area contributed by atoms with Crippen molar-refractivity contribution in [3.8, 4) is 0 Å². The Morgan fingerprint density at radius 3 is 2.43 bits per heavy atom. The Morgan fingerprint density at radius 1 is 1.18 bits per heavy atom. The summed E-state index contributed by atoms with van der Waals surface area (Å²) in [5.41, 5.74) is 0.795. The largest absolute Gasteiger partial charge is 0.478 e. The highest BCUT2D eigenvalue weighted by Gasteiger charge is 2.23. The van der Waals surface area contributed by atoms with Crippen LogP contribution >= 0.6 is 0 Å². The first kappa shape index (κ1) is 22.0. The van der Waals surface area contributed by atoms with Crippen LogP contribution in [0.5, 0.6) is 0 Å². The molecule has 9 nitrogen and oxygen atoms in total. The Bertz CT molecular complexity index is 804. The average molecular weight is 413 g/mol. The Kier molecular flexibility index (Phi) is 7.64. The van der Waals surface area contributed by atoms with Crippen molar-refractivity contribution in [2.75, 3.05) is 55.1 Å². The minimum absolute atomic E-state index is 0.00401. The summed E-state index contributed by atoms with van der Waals surface area (Å²) in [6.07, 6.45) is 3.00. The van der Waals surface area contributed by atoms with E-state index in [0.29, 0.717) is 45.0 Å². The molecule has 2 rings (SSSR count). The van der Waals surface area contributed by atoms with Crippen molar-refractivity contribution in [3.05, 3.63) is 23.8 Å². The SMILES string of the molecule is CCCCNC(=O)CN1CCN(c2ccc(NS(C)(=O)=O)cc2C(=O)O)CC1. The zero-order valence-corrected chi connectivity index (χ0v) is 17.1. The number of nitrogens with zero attached hydrogens (tertiary/aromatic N) is 2. The zero-order chi connectivity index (χ0) is 20.7. The highest BCUT2D eigenvalue weighted by atomic mass is 32.2. The molecule has 0 spiro atoms. The number of nitrogens with one attached hydrogen (secondary N) is 2. The first-order valence-corrected chi connectivity index (χ1v) is 11.2. The van der Waals surface area contributed by atoms with Crippen molar-refractivity contribution in [1.29, 1.82) is 0 Å². The quantitative estimate of drug-likeness (QED) is 0.513. The number of rotatable bonds is 9. The van der Waals surface area contributed by atoms with Crippen LogP contribution in [0.25, 0.3) is 0 Å². The second kappa shape index (κ2) is 9.74. The average Bonchev–Trinajstić information content (AvgIpc) is 2.61. The van der Waals surface area contributed by atoms with Gasteiger partial charge >= 0.3 is 5.97 Å². The molecule has 28 heavy (non-hydrogen) atoms. The number of piperazine rings is 1. The number of unbranched alkanes of at least 4 members (excludes halogenated alkanes) is 1. The van der Waals surface area contributed by atoms with Gasteiger partial charge in [-0.25, -0.2) is 13.2 Å². The smallest absolute Gasteiger partial charge is 0.337 e. The van der Waals surface area contributed by atoms with E-state index in [1.54, 1.807) is 12.1 Å². The van der Waals surface area contributed by atoms with Crippen LogP contribution in [0, 0.1) is 0 Å². The molecule has 1 aliphatic heterocycles. The van der Waals surface area contributed by atoms with E-state index in [1.807, 2.05) is 9.80 Å². The third-order valence-electron chi connectivity index (χ3n) is 4.46. The van der Waals surface area contributed by atoms with Crippen LogP contribution in [-0.4, -0.2) is 75.8 Å². The highest BCUT2D eigenvalue weighted by Crippen LogP contribution is 2.26. The lowest BCUT2D eigenvalue weighted by Crippen LogP contribution is -2.49. The first-order chi connectivity index (χ1) is 13.2. The van der Waals surface area contributed by atoms with Crippen LogP contribution in [0.15, 0.2) is 18.2 Å². The van der Waals surface area contributed by atoms with Crippen molar-refractivity contribution < 1.29 is 23.1 Å². The van der Waals surface area contributed by atoms with Crippen LogP contribution in [-0.2, 0) is 14.8 Å². The molecule has 1 saturated heterocycles. The number of carboxylic acid groups (broad SMARTS) is 1. The molecule has 0 atom stereocenters. The van der Waals surface area contributed by atoms with Gasteiger partial charge < -0.3 is 15.3 Å². The minimum atomic E-state index is -3.49. The lowest BCUT2D eigenvalue weighted by molar-refractivity contribution is -0.122. The molecule has 1 fully saturated rings. The van der Waals surface area contributed by atoms with Crippen molar-refractivity contribution in [3.63, 3.8) is 0 Å². The molecule has 0 bridgehead atoms. The molecule has 0 aromatic heterocycles. The molecule has 0 radical (unpaired) electrons. The van der Waals surface area contributed by atoms with Gasteiger partial charge in [-0.05, 0) is 24.6 Å². The molecule has 1 aliphatic rings. The molecule has 156 valence electrons. The van der Waals surface area contributed by atoms with Crippen LogP contribution in [0.1, 0.15) is 30.1 Å². The molecule has 1 aromatic carbocycles. The number of carbonyl (C=O) groups excluding carboxylic acids is 1. The van der Waals surface area contributed by atoms with Crippen LogP contribution in [0.3, 0.4) is 0 Å². The number of aromatic carboxylic acids is 1. The molecule has 1 heterocycles. The topological polar surface area (TPSA) is 119 Å². The number of sulfonamides is 1. The number of benzene rings is 1. The van der Waals surface area contributed by atoms with E-state index in [9.17, 15) is 23.1 Å². The molecule has 0 unspecified atom stereocenters. The summed E-state index contributed by atoms with van der Waals surface area (Å²) in [7, 11) is -3.49. The summed E-state index contributed by atoms with van der Waals surface area (Å²) in [6.45, 7) is 5.54. The second-order valence-electron chi connectivity index (χ2n) is 6.88. The van der Waals surface area contributed by atoms with Crippen LogP contribution in [0.2, 0.25) is 0 Å². The molecular formula is C18H28N4O5S. The number of anilines is 2.